The topological polar surface area (TPSA) is 156 Å². The SMILES string of the molecule is CC(C)(C)OC(=O)N(Cc1ccccc1)C(Cc1ccccc1)(C(=O)O)C(NS(=O)(=O)c1ccc([N+](=O)[O-])cc1)c1ccccc1. The van der Waals surface area contributed by atoms with Gasteiger partial charge in [0.25, 0.3) is 5.69 Å². The van der Waals surface area contributed by atoms with E-state index >= 15 is 0 Å². The Morgan fingerprint density at radius 3 is 1.83 bits per heavy atom. The fourth-order valence-electron chi connectivity index (χ4n) is 5.08. The highest BCUT2D eigenvalue weighted by atomic mass is 32.2. The minimum atomic E-state index is -4.54. The van der Waals surface area contributed by atoms with Gasteiger partial charge in [-0.05, 0) is 49.6 Å². The second kappa shape index (κ2) is 13.9. The fraction of sp³-hybridized carbons (Fsp3) is 0.235. The molecule has 4 aromatic rings. The third-order valence-electron chi connectivity index (χ3n) is 7.21. The standard InChI is InChI=1S/C34H35N3O8S/c1-33(2,3)45-32(40)36(24-26-15-9-5-10-16-26)34(31(38)39,23-25-13-7-4-8-14-25)30(27-17-11-6-12-18-27)35-46(43,44)29-21-19-28(20-22-29)37(41)42/h4-22,30,35H,23-24H2,1-3H3,(H,38,39). The minimum Gasteiger partial charge on any atom is -0.479 e. The van der Waals surface area contributed by atoms with Gasteiger partial charge in [-0.2, -0.15) is 0 Å². The molecule has 0 saturated heterocycles. The number of nitrogens with one attached hydrogen (secondary N) is 1. The molecule has 0 radical (unpaired) electrons. The van der Waals surface area contributed by atoms with E-state index in [4.69, 9.17) is 4.74 Å². The number of rotatable bonds is 12. The van der Waals surface area contributed by atoms with Crippen molar-refractivity contribution in [2.45, 2.75) is 55.8 Å². The Hall–Kier alpha value is -5.07. The number of carbonyl (C=O) groups excluding carboxylic acids is 1. The Morgan fingerprint density at radius 2 is 1.35 bits per heavy atom. The summed E-state index contributed by atoms with van der Waals surface area (Å²) in [6, 6.07) is 28.0. The largest absolute Gasteiger partial charge is 0.479 e. The van der Waals surface area contributed by atoms with Crippen LogP contribution in [0.1, 0.15) is 43.5 Å². The van der Waals surface area contributed by atoms with Gasteiger partial charge in [0.15, 0.2) is 5.54 Å². The molecule has 0 saturated carbocycles. The van der Waals surface area contributed by atoms with Crippen molar-refractivity contribution in [3.63, 3.8) is 0 Å². The highest BCUT2D eigenvalue weighted by Crippen LogP contribution is 2.39. The van der Waals surface area contributed by atoms with Crippen LogP contribution in [0.2, 0.25) is 0 Å². The summed E-state index contributed by atoms with van der Waals surface area (Å²) in [5.41, 5.74) is -2.30. The first-order valence-corrected chi connectivity index (χ1v) is 15.8. The first kappa shape index (κ1) is 33.8. The van der Waals surface area contributed by atoms with Crippen molar-refractivity contribution in [3.05, 3.63) is 142 Å². The molecule has 1 amide bonds. The maximum Gasteiger partial charge on any atom is 0.411 e. The van der Waals surface area contributed by atoms with Crippen molar-refractivity contribution in [1.82, 2.24) is 9.62 Å². The van der Waals surface area contributed by atoms with Gasteiger partial charge >= 0.3 is 12.1 Å². The van der Waals surface area contributed by atoms with Gasteiger partial charge in [0, 0.05) is 18.6 Å². The van der Waals surface area contributed by atoms with Crippen molar-refractivity contribution in [3.8, 4) is 0 Å². The minimum absolute atomic E-state index is 0.239. The van der Waals surface area contributed by atoms with Crippen LogP contribution >= 0.6 is 0 Å². The number of carboxylic acids is 1. The molecule has 240 valence electrons. The van der Waals surface area contributed by atoms with Crippen LogP contribution in [-0.4, -0.2) is 46.6 Å². The number of hydrogen-bond acceptors (Lipinski definition) is 7. The van der Waals surface area contributed by atoms with Crippen LogP contribution in [0.5, 0.6) is 0 Å². The van der Waals surface area contributed by atoms with E-state index in [1.807, 2.05) is 0 Å². The predicted molar refractivity (Wildman–Crippen MR) is 171 cm³/mol. The van der Waals surface area contributed by atoms with E-state index in [1.54, 1.807) is 112 Å². The molecule has 2 atom stereocenters. The second-order valence-electron chi connectivity index (χ2n) is 11.7. The number of nitro groups is 1. The molecule has 4 rings (SSSR count). The predicted octanol–water partition coefficient (Wildman–Crippen LogP) is 6.12. The number of benzene rings is 4. The van der Waals surface area contributed by atoms with Crippen LogP contribution in [0.15, 0.2) is 120 Å². The van der Waals surface area contributed by atoms with Crippen LogP contribution in [0, 0.1) is 10.1 Å². The lowest BCUT2D eigenvalue weighted by molar-refractivity contribution is -0.384. The molecule has 0 fully saturated rings. The van der Waals surface area contributed by atoms with Gasteiger partial charge in [0.05, 0.1) is 22.4 Å². The van der Waals surface area contributed by atoms with Gasteiger partial charge in [-0.15, -0.1) is 0 Å². The van der Waals surface area contributed by atoms with Crippen LogP contribution in [-0.2, 0) is 32.5 Å². The van der Waals surface area contributed by atoms with E-state index in [9.17, 15) is 33.2 Å². The van der Waals surface area contributed by atoms with Crippen molar-refractivity contribution in [1.29, 1.82) is 0 Å². The number of nitrogens with zero attached hydrogens (tertiary/aromatic N) is 2. The van der Waals surface area contributed by atoms with E-state index < -0.39 is 44.2 Å². The van der Waals surface area contributed by atoms with Crippen molar-refractivity contribution in [2.24, 2.45) is 0 Å². The lowest BCUT2D eigenvalue weighted by Crippen LogP contribution is -2.65. The maximum atomic E-state index is 14.2. The summed E-state index contributed by atoms with van der Waals surface area (Å²) in [6.07, 6.45) is -1.29. The van der Waals surface area contributed by atoms with E-state index in [0.717, 1.165) is 29.2 Å². The number of aliphatic carboxylic acids is 1. The zero-order chi connectivity index (χ0) is 33.5. The molecular weight excluding hydrogens is 610 g/mol. The molecule has 46 heavy (non-hydrogen) atoms. The number of carboxylic acid groups (broad SMARTS) is 1. The molecule has 0 heterocycles. The molecule has 2 unspecified atom stereocenters. The van der Waals surface area contributed by atoms with Crippen molar-refractivity contribution >= 4 is 27.8 Å². The van der Waals surface area contributed by atoms with E-state index in [-0.39, 0.29) is 29.1 Å². The summed E-state index contributed by atoms with van der Waals surface area (Å²) in [6.45, 7) is 4.71. The third-order valence-corrected chi connectivity index (χ3v) is 8.65. The summed E-state index contributed by atoms with van der Waals surface area (Å²) in [7, 11) is -4.54. The molecule has 0 bridgehead atoms. The maximum absolute atomic E-state index is 14.2. The zero-order valence-electron chi connectivity index (χ0n) is 25.6. The quantitative estimate of drug-likeness (QED) is 0.138. The highest BCUT2D eigenvalue weighted by Gasteiger charge is 2.55. The average molecular weight is 646 g/mol. The van der Waals surface area contributed by atoms with Crippen molar-refractivity contribution in [2.75, 3.05) is 0 Å². The molecular formula is C34H35N3O8S. The molecule has 2 N–H and O–H groups in total. The summed E-state index contributed by atoms with van der Waals surface area (Å²) < 4.78 is 36.3. The zero-order valence-corrected chi connectivity index (χ0v) is 26.4. The summed E-state index contributed by atoms with van der Waals surface area (Å²) in [5.74, 6) is -1.49. The Kier molecular flexibility index (Phi) is 10.2. The number of amides is 1. The van der Waals surface area contributed by atoms with Crippen LogP contribution in [0.3, 0.4) is 0 Å². The molecule has 0 aliphatic rings. The number of non-ortho nitro benzene ring substituents is 1. The normalized spacial score (nSPS) is 13.6. The van der Waals surface area contributed by atoms with Gasteiger partial charge in [-0.25, -0.2) is 22.7 Å². The summed E-state index contributed by atoms with van der Waals surface area (Å²) in [5, 5.41) is 22.5. The van der Waals surface area contributed by atoms with Gasteiger partial charge in [0.2, 0.25) is 10.0 Å². The van der Waals surface area contributed by atoms with E-state index in [2.05, 4.69) is 4.72 Å². The van der Waals surface area contributed by atoms with Crippen LogP contribution in [0.25, 0.3) is 0 Å². The molecule has 11 nitrogen and oxygen atoms in total. The molecule has 4 aromatic carbocycles. The number of ether oxygens (including phenoxy) is 1. The average Bonchev–Trinajstić information content (AvgIpc) is 3.02. The number of nitro benzene ring substituents is 1. The van der Waals surface area contributed by atoms with Gasteiger partial charge in [0.1, 0.15) is 5.60 Å². The first-order chi connectivity index (χ1) is 21.7. The number of carbonyl (C=O) groups is 2. The Bertz CT molecular complexity index is 1760. The van der Waals surface area contributed by atoms with E-state index in [1.165, 1.54) is 0 Å². The van der Waals surface area contributed by atoms with Crippen molar-refractivity contribution < 1.29 is 32.8 Å². The Balaban J connectivity index is 2.01. The number of sulfonamides is 1. The summed E-state index contributed by atoms with van der Waals surface area (Å²) >= 11 is 0. The fourth-order valence-corrected chi connectivity index (χ4v) is 6.36. The van der Waals surface area contributed by atoms with Crippen LogP contribution < -0.4 is 4.72 Å². The Morgan fingerprint density at radius 1 is 0.848 bits per heavy atom. The summed E-state index contributed by atoms with van der Waals surface area (Å²) in [4.78, 5) is 39.4. The smallest absolute Gasteiger partial charge is 0.411 e. The third kappa shape index (κ3) is 7.95. The molecule has 0 aromatic heterocycles. The highest BCUT2D eigenvalue weighted by molar-refractivity contribution is 7.89. The molecule has 0 aliphatic carbocycles. The van der Waals surface area contributed by atoms with Gasteiger partial charge in [-0.3, -0.25) is 15.0 Å². The molecule has 12 heteroatoms. The lowest BCUT2D eigenvalue weighted by atomic mass is 9.78. The molecule has 0 aliphatic heterocycles. The van der Waals surface area contributed by atoms with E-state index in [0.29, 0.717) is 11.1 Å². The van der Waals surface area contributed by atoms with Gasteiger partial charge in [-0.1, -0.05) is 91.0 Å². The number of hydrogen-bond donors (Lipinski definition) is 2. The second-order valence-corrected chi connectivity index (χ2v) is 13.4. The lowest BCUT2D eigenvalue weighted by Gasteiger charge is -2.46. The molecule has 0 spiro atoms. The first-order valence-electron chi connectivity index (χ1n) is 14.4. The van der Waals surface area contributed by atoms with Gasteiger partial charge < -0.3 is 9.84 Å². The van der Waals surface area contributed by atoms with Crippen LogP contribution in [0.4, 0.5) is 10.5 Å². The Labute approximate surface area is 267 Å². The monoisotopic (exact) mass is 645 g/mol.